The molecule has 0 saturated carbocycles. The van der Waals surface area contributed by atoms with E-state index in [0.29, 0.717) is 28.8 Å². The van der Waals surface area contributed by atoms with Crippen LogP contribution in [0.5, 0.6) is 0 Å². The number of benzene rings is 1. The van der Waals surface area contributed by atoms with Crippen LogP contribution >= 0.6 is 15.9 Å². The number of aryl methyl sites for hydroxylation is 1. The second kappa shape index (κ2) is 9.07. The molecule has 1 aromatic carbocycles. The van der Waals surface area contributed by atoms with Gasteiger partial charge in [0.25, 0.3) is 5.56 Å². The van der Waals surface area contributed by atoms with E-state index >= 15 is 0 Å². The number of fused-ring (bicyclic) bond motifs is 1. The van der Waals surface area contributed by atoms with Gasteiger partial charge in [-0.15, -0.1) is 0 Å². The van der Waals surface area contributed by atoms with E-state index in [0.717, 1.165) is 19.6 Å². The highest BCUT2D eigenvalue weighted by molar-refractivity contribution is 9.10. The molecule has 1 unspecified atom stereocenters. The average molecular weight is 475 g/mol. The van der Waals surface area contributed by atoms with E-state index in [-0.39, 0.29) is 24.1 Å². The molecule has 3 heterocycles. The summed E-state index contributed by atoms with van der Waals surface area (Å²) in [5.74, 6) is -0.262. The van der Waals surface area contributed by atoms with Crippen LogP contribution in [0.4, 0.5) is 0 Å². The molecule has 0 radical (unpaired) electrons. The quantitative estimate of drug-likeness (QED) is 0.570. The Balaban J connectivity index is 1.32. The summed E-state index contributed by atoms with van der Waals surface area (Å²) >= 11 is 3.27. The molecule has 158 valence electrons. The van der Waals surface area contributed by atoms with Gasteiger partial charge in [0.1, 0.15) is 22.9 Å². The first-order valence-electron chi connectivity index (χ1n) is 9.73. The number of morpholine rings is 1. The Hall–Kier alpha value is -2.56. The summed E-state index contributed by atoms with van der Waals surface area (Å²) in [5.41, 5.74) is 1.42. The first-order valence-corrected chi connectivity index (χ1v) is 10.5. The van der Waals surface area contributed by atoms with Crippen LogP contribution in [-0.2, 0) is 29.7 Å². The summed E-state index contributed by atoms with van der Waals surface area (Å²) in [6.07, 6.45) is 1.29. The van der Waals surface area contributed by atoms with Gasteiger partial charge >= 0.3 is 0 Å². The molecule has 1 amide bonds. The van der Waals surface area contributed by atoms with Crippen LogP contribution < -0.4 is 10.9 Å². The molecule has 0 aliphatic carbocycles. The molecule has 1 aliphatic heterocycles. The second-order valence-electron chi connectivity index (χ2n) is 7.31. The molecule has 2 aromatic heterocycles. The summed E-state index contributed by atoms with van der Waals surface area (Å²) in [5, 5.41) is 7.37. The van der Waals surface area contributed by atoms with Crippen LogP contribution in [0.1, 0.15) is 5.56 Å². The number of halogens is 1. The minimum Gasteiger partial charge on any atom is -0.374 e. The van der Waals surface area contributed by atoms with Gasteiger partial charge in [-0.3, -0.25) is 19.1 Å². The smallest absolute Gasteiger partial charge is 0.266 e. The lowest BCUT2D eigenvalue weighted by Gasteiger charge is -2.33. The molecule has 4 rings (SSSR count). The summed E-state index contributed by atoms with van der Waals surface area (Å²) in [6, 6.07) is 10.3. The monoisotopic (exact) mass is 474 g/mol. The number of amides is 1. The zero-order chi connectivity index (χ0) is 21.1. The molecule has 1 atom stereocenters. The van der Waals surface area contributed by atoms with Gasteiger partial charge < -0.3 is 10.1 Å². The van der Waals surface area contributed by atoms with Crippen LogP contribution in [0.2, 0.25) is 0 Å². The minimum atomic E-state index is -0.307. The van der Waals surface area contributed by atoms with E-state index in [4.69, 9.17) is 4.74 Å². The number of nitrogens with one attached hydrogen (secondary N) is 1. The van der Waals surface area contributed by atoms with Gasteiger partial charge in [-0.1, -0.05) is 30.3 Å². The Morgan fingerprint density at radius 2 is 2.13 bits per heavy atom. The summed E-state index contributed by atoms with van der Waals surface area (Å²) in [6.45, 7) is 3.37. The van der Waals surface area contributed by atoms with Crippen molar-refractivity contribution in [2.75, 3.05) is 26.2 Å². The Morgan fingerprint density at radius 3 is 2.93 bits per heavy atom. The first-order chi connectivity index (χ1) is 14.5. The van der Waals surface area contributed by atoms with Crippen LogP contribution in [0.25, 0.3) is 11.0 Å². The Labute approximate surface area is 181 Å². The zero-order valence-corrected chi connectivity index (χ0v) is 18.2. The van der Waals surface area contributed by atoms with Gasteiger partial charge in [-0.2, -0.15) is 5.10 Å². The van der Waals surface area contributed by atoms with Crippen molar-refractivity contribution in [2.24, 2.45) is 7.05 Å². The van der Waals surface area contributed by atoms with Crippen LogP contribution in [0.15, 0.2) is 46.1 Å². The van der Waals surface area contributed by atoms with Crippen LogP contribution in [0, 0.1) is 0 Å². The van der Waals surface area contributed by atoms with Crippen molar-refractivity contribution in [2.45, 2.75) is 19.2 Å². The van der Waals surface area contributed by atoms with E-state index in [1.807, 2.05) is 18.2 Å². The predicted octanol–water partition coefficient (Wildman–Crippen LogP) is 0.910. The fraction of sp³-hybridized carbons (Fsp3) is 0.400. The van der Waals surface area contributed by atoms with Crippen molar-refractivity contribution < 1.29 is 9.53 Å². The van der Waals surface area contributed by atoms with Crippen molar-refractivity contribution in [3.8, 4) is 0 Å². The van der Waals surface area contributed by atoms with E-state index in [1.165, 1.54) is 21.1 Å². The third kappa shape index (κ3) is 4.61. The largest absolute Gasteiger partial charge is 0.374 e. The van der Waals surface area contributed by atoms with Crippen molar-refractivity contribution in [3.63, 3.8) is 0 Å². The van der Waals surface area contributed by atoms with Crippen molar-refractivity contribution in [1.82, 2.24) is 29.5 Å². The maximum absolute atomic E-state index is 12.6. The van der Waals surface area contributed by atoms with Gasteiger partial charge in [0.05, 0.1) is 12.7 Å². The SMILES string of the molecule is Cn1nc(Br)c2c(=O)n(CC(=O)NCC3CN(Cc4ccccc4)CCO3)cnc21. The molecule has 9 nitrogen and oxygen atoms in total. The van der Waals surface area contributed by atoms with Gasteiger partial charge in [0.15, 0.2) is 5.65 Å². The number of aromatic nitrogens is 4. The van der Waals surface area contributed by atoms with Crippen LogP contribution in [0.3, 0.4) is 0 Å². The van der Waals surface area contributed by atoms with E-state index < -0.39 is 0 Å². The van der Waals surface area contributed by atoms with Gasteiger partial charge in [0.2, 0.25) is 5.91 Å². The number of hydrogen-bond donors (Lipinski definition) is 1. The van der Waals surface area contributed by atoms with Crippen LogP contribution in [-0.4, -0.2) is 62.5 Å². The number of carbonyl (C=O) groups is 1. The third-order valence-corrected chi connectivity index (χ3v) is 5.64. The maximum Gasteiger partial charge on any atom is 0.266 e. The highest BCUT2D eigenvalue weighted by Crippen LogP contribution is 2.16. The fourth-order valence-electron chi connectivity index (χ4n) is 3.58. The maximum atomic E-state index is 12.6. The molecule has 1 N–H and O–H groups in total. The molecular weight excluding hydrogens is 452 g/mol. The van der Waals surface area contributed by atoms with Crippen molar-refractivity contribution in [3.05, 3.63) is 57.2 Å². The summed E-state index contributed by atoms with van der Waals surface area (Å²) in [4.78, 5) is 31.6. The molecule has 1 aliphatic rings. The molecule has 1 fully saturated rings. The topological polar surface area (TPSA) is 94.3 Å². The number of ether oxygens (including phenoxy) is 1. The Bertz CT molecular complexity index is 1100. The lowest BCUT2D eigenvalue weighted by Crippen LogP contribution is -2.47. The fourth-order valence-corrected chi connectivity index (χ4v) is 4.16. The van der Waals surface area contributed by atoms with Gasteiger partial charge in [-0.25, -0.2) is 9.67 Å². The summed E-state index contributed by atoms with van der Waals surface area (Å²) < 4.78 is 9.02. The zero-order valence-electron chi connectivity index (χ0n) is 16.6. The van der Waals surface area contributed by atoms with Crippen molar-refractivity contribution >= 4 is 32.9 Å². The van der Waals surface area contributed by atoms with E-state index in [2.05, 4.69) is 48.4 Å². The first kappa shape index (κ1) is 20.7. The lowest BCUT2D eigenvalue weighted by molar-refractivity contribution is -0.123. The average Bonchev–Trinajstić information content (AvgIpc) is 3.03. The van der Waals surface area contributed by atoms with Crippen molar-refractivity contribution in [1.29, 1.82) is 0 Å². The summed E-state index contributed by atoms with van der Waals surface area (Å²) in [7, 11) is 1.71. The molecular formula is C20H23BrN6O3. The highest BCUT2D eigenvalue weighted by atomic mass is 79.9. The molecule has 0 bridgehead atoms. The molecule has 1 saturated heterocycles. The molecule has 0 spiro atoms. The lowest BCUT2D eigenvalue weighted by atomic mass is 10.2. The Morgan fingerprint density at radius 1 is 1.33 bits per heavy atom. The van der Waals surface area contributed by atoms with E-state index in [9.17, 15) is 9.59 Å². The minimum absolute atomic E-state index is 0.0868. The molecule has 30 heavy (non-hydrogen) atoms. The normalized spacial score (nSPS) is 17.3. The predicted molar refractivity (Wildman–Crippen MR) is 115 cm³/mol. The number of nitrogens with zero attached hydrogens (tertiary/aromatic N) is 5. The second-order valence-corrected chi connectivity index (χ2v) is 8.06. The Kier molecular flexibility index (Phi) is 6.26. The third-order valence-electron chi connectivity index (χ3n) is 5.08. The number of carbonyl (C=O) groups excluding carboxylic acids is 1. The molecule has 10 heteroatoms. The van der Waals surface area contributed by atoms with Gasteiger partial charge in [-0.05, 0) is 21.5 Å². The molecule has 3 aromatic rings. The number of rotatable bonds is 6. The number of hydrogen-bond acceptors (Lipinski definition) is 6. The van der Waals surface area contributed by atoms with Gasteiger partial charge in [0, 0.05) is 33.2 Å². The standard InChI is InChI=1S/C20H23BrN6O3/c1-25-19-17(18(21)24-25)20(29)27(13-23-19)12-16(28)22-9-15-11-26(7-8-30-15)10-14-5-3-2-4-6-14/h2-6,13,15H,7-12H2,1H3,(H,22,28). The van der Waals surface area contributed by atoms with E-state index in [1.54, 1.807) is 7.05 Å². The highest BCUT2D eigenvalue weighted by Gasteiger charge is 2.21.